The van der Waals surface area contributed by atoms with Gasteiger partial charge in [-0.05, 0) is 42.2 Å². The van der Waals surface area contributed by atoms with Crippen LogP contribution in [0.1, 0.15) is 30.0 Å². The summed E-state index contributed by atoms with van der Waals surface area (Å²) in [7, 11) is 0. The first kappa shape index (κ1) is 13.8. The molecule has 0 fully saturated rings. The van der Waals surface area contributed by atoms with Crippen LogP contribution in [0.25, 0.3) is 0 Å². The molecule has 0 radical (unpaired) electrons. The lowest BCUT2D eigenvalue weighted by Crippen LogP contribution is -2.28. The minimum Gasteiger partial charge on any atom is -0.385 e. The van der Waals surface area contributed by atoms with E-state index in [1.54, 1.807) is 12.1 Å². The Kier molecular flexibility index (Phi) is 4.01. The Bertz CT molecular complexity index is 565. The molecule has 19 heavy (non-hydrogen) atoms. The van der Waals surface area contributed by atoms with Gasteiger partial charge in [-0.15, -0.1) is 0 Å². The Hall–Kier alpha value is -1.67. The summed E-state index contributed by atoms with van der Waals surface area (Å²) in [6, 6.07) is 14.2. The Morgan fingerprint density at radius 2 is 1.84 bits per heavy atom. The normalized spacial score (nSPS) is 14.1. The summed E-state index contributed by atoms with van der Waals surface area (Å²) in [6.45, 7) is 3.94. The summed E-state index contributed by atoms with van der Waals surface area (Å²) in [4.78, 5) is 0. The van der Waals surface area contributed by atoms with Gasteiger partial charge >= 0.3 is 0 Å². The molecule has 1 atom stereocenters. The van der Waals surface area contributed by atoms with Crippen molar-refractivity contribution in [1.29, 1.82) is 0 Å². The van der Waals surface area contributed by atoms with Crippen molar-refractivity contribution in [1.82, 2.24) is 0 Å². The van der Waals surface area contributed by atoms with Crippen LogP contribution in [0.2, 0.25) is 0 Å². The van der Waals surface area contributed by atoms with Crippen LogP contribution in [-0.2, 0) is 12.0 Å². The van der Waals surface area contributed by atoms with Gasteiger partial charge in [-0.3, -0.25) is 0 Å². The van der Waals surface area contributed by atoms with Gasteiger partial charge in [0.15, 0.2) is 0 Å². The second-order valence-corrected chi connectivity index (χ2v) is 5.00. The quantitative estimate of drug-likeness (QED) is 0.879. The lowest BCUT2D eigenvalue weighted by molar-refractivity contribution is 0.0323. The summed E-state index contributed by atoms with van der Waals surface area (Å²) in [5, 5.41) is 10.8. The topological polar surface area (TPSA) is 20.2 Å². The molecule has 100 valence electrons. The number of benzene rings is 2. The zero-order chi connectivity index (χ0) is 13.9. The summed E-state index contributed by atoms with van der Waals surface area (Å²) in [6.07, 6.45) is 1.05. The van der Waals surface area contributed by atoms with Crippen LogP contribution in [0.3, 0.4) is 0 Å². The lowest BCUT2D eigenvalue weighted by atomic mass is 9.84. The first-order valence-electron chi connectivity index (χ1n) is 6.58. The van der Waals surface area contributed by atoms with Crippen molar-refractivity contribution in [3.8, 4) is 0 Å². The number of rotatable bonds is 4. The zero-order valence-corrected chi connectivity index (χ0v) is 11.4. The van der Waals surface area contributed by atoms with Gasteiger partial charge in [-0.25, -0.2) is 4.39 Å². The first-order valence-corrected chi connectivity index (χ1v) is 6.58. The second kappa shape index (κ2) is 5.54. The fourth-order valence-electron chi connectivity index (χ4n) is 2.33. The zero-order valence-electron chi connectivity index (χ0n) is 11.4. The van der Waals surface area contributed by atoms with E-state index in [9.17, 15) is 9.50 Å². The number of hydrogen-bond acceptors (Lipinski definition) is 1. The van der Waals surface area contributed by atoms with Crippen LogP contribution in [0, 0.1) is 12.7 Å². The van der Waals surface area contributed by atoms with E-state index in [1.807, 2.05) is 38.1 Å². The van der Waals surface area contributed by atoms with Crippen molar-refractivity contribution < 1.29 is 9.50 Å². The molecule has 0 spiro atoms. The Balaban J connectivity index is 2.36. The summed E-state index contributed by atoms with van der Waals surface area (Å²) < 4.78 is 13.3. The highest BCUT2D eigenvalue weighted by molar-refractivity contribution is 5.31. The van der Waals surface area contributed by atoms with E-state index in [0.717, 1.165) is 11.1 Å². The van der Waals surface area contributed by atoms with Crippen molar-refractivity contribution in [2.45, 2.75) is 32.3 Å². The van der Waals surface area contributed by atoms with Crippen molar-refractivity contribution >= 4 is 0 Å². The fraction of sp³-hybridized carbons (Fsp3) is 0.294. The largest absolute Gasteiger partial charge is 0.385 e. The van der Waals surface area contributed by atoms with E-state index >= 15 is 0 Å². The maximum absolute atomic E-state index is 13.3. The Labute approximate surface area is 113 Å². The number of aliphatic hydroxyl groups is 1. The maximum Gasteiger partial charge on any atom is 0.123 e. The van der Waals surface area contributed by atoms with Crippen molar-refractivity contribution in [3.05, 3.63) is 71.0 Å². The van der Waals surface area contributed by atoms with E-state index in [-0.39, 0.29) is 5.82 Å². The summed E-state index contributed by atoms with van der Waals surface area (Å²) in [5.74, 6) is -0.311. The van der Waals surface area contributed by atoms with Gasteiger partial charge in [0.25, 0.3) is 0 Å². The van der Waals surface area contributed by atoms with Crippen LogP contribution in [0.4, 0.5) is 4.39 Å². The lowest BCUT2D eigenvalue weighted by Gasteiger charge is -2.28. The van der Waals surface area contributed by atoms with Crippen LogP contribution in [0.5, 0.6) is 0 Å². The van der Waals surface area contributed by atoms with Crippen LogP contribution in [-0.4, -0.2) is 5.11 Å². The smallest absolute Gasteiger partial charge is 0.123 e. The van der Waals surface area contributed by atoms with E-state index < -0.39 is 5.60 Å². The van der Waals surface area contributed by atoms with Gasteiger partial charge in [0.1, 0.15) is 5.82 Å². The predicted molar refractivity (Wildman–Crippen MR) is 75.5 cm³/mol. The van der Waals surface area contributed by atoms with E-state index in [2.05, 4.69) is 0 Å². The first-order chi connectivity index (χ1) is 9.05. The third kappa shape index (κ3) is 3.02. The predicted octanol–water partition coefficient (Wildman–Crippen LogP) is 3.97. The highest BCUT2D eigenvalue weighted by atomic mass is 19.1. The molecule has 0 amide bonds. The molecule has 0 aliphatic rings. The van der Waals surface area contributed by atoms with Gasteiger partial charge in [-0.2, -0.15) is 0 Å². The third-order valence-electron chi connectivity index (χ3n) is 3.69. The molecule has 2 aromatic carbocycles. The molecule has 0 bridgehead atoms. The molecule has 2 aromatic rings. The highest BCUT2D eigenvalue weighted by Gasteiger charge is 2.28. The third-order valence-corrected chi connectivity index (χ3v) is 3.69. The molecular formula is C17H19FO. The molecule has 0 heterocycles. The second-order valence-electron chi connectivity index (χ2n) is 5.00. The molecule has 1 nitrogen and oxygen atoms in total. The summed E-state index contributed by atoms with van der Waals surface area (Å²) >= 11 is 0. The molecule has 0 saturated carbocycles. The van der Waals surface area contributed by atoms with E-state index in [0.29, 0.717) is 18.4 Å². The van der Waals surface area contributed by atoms with Gasteiger partial charge in [0.2, 0.25) is 0 Å². The SMILES string of the molecule is CCC(O)(Cc1ccccc1C)c1cccc(F)c1. The molecule has 1 N–H and O–H groups in total. The molecule has 1 unspecified atom stereocenters. The average molecular weight is 258 g/mol. The van der Waals surface area contributed by atoms with Gasteiger partial charge in [0.05, 0.1) is 5.60 Å². The maximum atomic E-state index is 13.3. The van der Waals surface area contributed by atoms with Crippen LogP contribution >= 0.6 is 0 Å². The van der Waals surface area contributed by atoms with E-state index in [4.69, 9.17) is 0 Å². The Morgan fingerprint density at radius 1 is 1.11 bits per heavy atom. The molecule has 0 aliphatic carbocycles. The average Bonchev–Trinajstić information content (AvgIpc) is 2.41. The minimum atomic E-state index is -1.02. The van der Waals surface area contributed by atoms with Crippen molar-refractivity contribution in [2.75, 3.05) is 0 Å². The molecule has 2 heteroatoms. The fourth-order valence-corrected chi connectivity index (χ4v) is 2.33. The monoisotopic (exact) mass is 258 g/mol. The summed E-state index contributed by atoms with van der Waals surface area (Å²) in [5.41, 5.74) is 1.86. The molecule has 0 aliphatic heterocycles. The molecular weight excluding hydrogens is 239 g/mol. The van der Waals surface area contributed by atoms with Crippen LogP contribution < -0.4 is 0 Å². The van der Waals surface area contributed by atoms with Gasteiger partial charge < -0.3 is 5.11 Å². The van der Waals surface area contributed by atoms with Crippen molar-refractivity contribution in [2.24, 2.45) is 0 Å². The van der Waals surface area contributed by atoms with E-state index in [1.165, 1.54) is 12.1 Å². The Morgan fingerprint density at radius 3 is 2.47 bits per heavy atom. The van der Waals surface area contributed by atoms with Crippen LogP contribution in [0.15, 0.2) is 48.5 Å². The molecule has 0 aromatic heterocycles. The standard InChI is InChI=1S/C17H19FO/c1-3-17(19,15-9-6-10-16(18)11-15)12-14-8-5-4-7-13(14)2/h4-11,19H,3,12H2,1-2H3. The minimum absolute atomic E-state index is 0.311. The highest BCUT2D eigenvalue weighted by Crippen LogP contribution is 2.30. The number of aryl methyl sites for hydroxylation is 1. The number of halogens is 1. The molecule has 2 rings (SSSR count). The van der Waals surface area contributed by atoms with Gasteiger partial charge in [-0.1, -0.05) is 43.3 Å². The van der Waals surface area contributed by atoms with Gasteiger partial charge in [0, 0.05) is 6.42 Å². The van der Waals surface area contributed by atoms with Crippen molar-refractivity contribution in [3.63, 3.8) is 0 Å². The number of hydrogen-bond donors (Lipinski definition) is 1. The molecule has 0 saturated heterocycles.